The van der Waals surface area contributed by atoms with Gasteiger partial charge in [-0.3, -0.25) is 0 Å². The number of methoxy groups -OCH3 is 1. The average Bonchev–Trinajstić information content (AvgIpc) is 1.78. The minimum Gasteiger partial charge on any atom is -0.400 e. The summed E-state index contributed by atoms with van der Waals surface area (Å²) in [4.78, 5) is 0. The molecule has 56 valence electrons. The molecule has 0 saturated carbocycles. The predicted octanol–water partition coefficient (Wildman–Crippen LogP) is 1.53. The highest BCUT2D eigenvalue weighted by atomic mass is 16.4. The molecule has 0 amide bonds. The Morgan fingerprint density at radius 2 is 1.00 bits per heavy atom. The molecule has 0 heterocycles. The summed E-state index contributed by atoms with van der Waals surface area (Å²) < 4.78 is 4.25. The van der Waals surface area contributed by atoms with Gasteiger partial charge in [0, 0.05) is 21.3 Å². The molecule has 0 radical (unpaired) electrons. The Labute approximate surface area is 53.5 Å². The zero-order valence-electron chi connectivity index (χ0n) is 5.86. The molecule has 0 atom stereocenters. The quantitative estimate of drug-likeness (QED) is 0.530. The van der Waals surface area contributed by atoms with E-state index in [4.69, 9.17) is 5.11 Å². The normalized spacial score (nSPS) is 3.75. The number of aliphatic hydroxyl groups excluding tert-OH is 1. The number of hydrogen-bond acceptors (Lipinski definition) is 2. The second-order valence-electron chi connectivity index (χ2n) is 0.408. The maximum Gasteiger partial charge on any atom is 0.0351 e. The lowest BCUT2D eigenvalue weighted by Crippen LogP contribution is -1.55. The first-order valence-electron chi connectivity index (χ1n) is 2.26. The molecular weight excluding hydrogens is 104 g/mol. The maximum absolute atomic E-state index is 7.00. The summed E-state index contributed by atoms with van der Waals surface area (Å²) >= 11 is 0. The van der Waals surface area contributed by atoms with Crippen molar-refractivity contribution in [2.45, 2.75) is 21.3 Å². The third-order valence-corrected chi connectivity index (χ3v) is 0. The Kier molecular flexibility index (Phi) is 884. The summed E-state index contributed by atoms with van der Waals surface area (Å²) in [5.41, 5.74) is 0. The van der Waals surface area contributed by atoms with E-state index in [2.05, 4.69) is 4.74 Å². The van der Waals surface area contributed by atoms with E-state index in [0.29, 0.717) is 0 Å². The molecule has 1 N–H and O–H groups in total. The fraction of sp³-hybridized carbons (Fsp3) is 1.00. The van der Waals surface area contributed by atoms with Gasteiger partial charge in [0.2, 0.25) is 0 Å². The number of aliphatic hydroxyl groups is 1. The Hall–Kier alpha value is -0.0800. The van der Waals surface area contributed by atoms with Crippen molar-refractivity contribution in [3.8, 4) is 0 Å². The zero-order valence-corrected chi connectivity index (χ0v) is 5.86. The first-order valence-corrected chi connectivity index (χ1v) is 2.26. The van der Waals surface area contributed by atoms with Gasteiger partial charge in [-0.05, 0) is 0 Å². The van der Waals surface area contributed by atoms with Gasteiger partial charge in [-0.25, -0.2) is 0 Å². The van der Waals surface area contributed by atoms with E-state index in [9.17, 15) is 0 Å². The van der Waals surface area contributed by atoms with Crippen LogP contribution < -0.4 is 0 Å². The lowest BCUT2D eigenvalue weighted by Gasteiger charge is -1.61. The van der Waals surface area contributed by atoms with E-state index in [1.54, 1.807) is 14.2 Å². The number of rotatable bonds is 0. The monoisotopic (exact) mass is 124 g/mol. The summed E-state index contributed by atoms with van der Waals surface area (Å²) in [5.74, 6) is 0. The van der Waals surface area contributed by atoms with Crippen molar-refractivity contribution in [3.63, 3.8) is 0 Å². The van der Waals surface area contributed by atoms with Crippen LogP contribution in [0.1, 0.15) is 21.3 Å². The van der Waals surface area contributed by atoms with Crippen LogP contribution in [0.25, 0.3) is 0 Å². The van der Waals surface area contributed by atoms with Gasteiger partial charge in [0.1, 0.15) is 0 Å². The smallest absolute Gasteiger partial charge is 0.0351 e. The average molecular weight is 124 g/mol. The van der Waals surface area contributed by atoms with Crippen LogP contribution >= 0.6 is 0 Å². The topological polar surface area (TPSA) is 29.5 Å². The van der Waals surface area contributed by atoms with Crippen LogP contribution in [-0.2, 0) is 4.74 Å². The van der Waals surface area contributed by atoms with Crippen molar-refractivity contribution in [1.29, 1.82) is 0 Å². The molecule has 0 fully saturated rings. The lowest BCUT2D eigenvalue weighted by molar-refractivity contribution is 0.277. The molecule has 2 heteroatoms. The van der Waals surface area contributed by atoms with E-state index in [1.807, 2.05) is 13.8 Å². The third-order valence-electron chi connectivity index (χ3n) is 0. The Morgan fingerprint density at radius 1 is 1.00 bits per heavy atom. The van der Waals surface area contributed by atoms with Crippen molar-refractivity contribution in [3.05, 3.63) is 0 Å². The van der Waals surface area contributed by atoms with Crippen LogP contribution in [0.4, 0.5) is 0 Å². The molecule has 0 aromatic heterocycles. The van der Waals surface area contributed by atoms with E-state index in [0.717, 1.165) is 7.11 Å². The van der Waals surface area contributed by atoms with E-state index < -0.39 is 0 Å². The molecule has 8 heavy (non-hydrogen) atoms. The fourth-order valence-electron chi connectivity index (χ4n) is 0. The minimum absolute atomic E-state index is 0. The molecule has 2 nitrogen and oxygen atoms in total. The van der Waals surface area contributed by atoms with Gasteiger partial charge in [-0.2, -0.15) is 0 Å². The van der Waals surface area contributed by atoms with Gasteiger partial charge in [0.25, 0.3) is 0 Å². The Bertz CT molecular complexity index is 6.49. The van der Waals surface area contributed by atoms with Crippen molar-refractivity contribution in [1.82, 2.24) is 0 Å². The van der Waals surface area contributed by atoms with Gasteiger partial charge in [-0.1, -0.05) is 21.3 Å². The van der Waals surface area contributed by atoms with Crippen LogP contribution in [-0.4, -0.2) is 26.4 Å². The van der Waals surface area contributed by atoms with Crippen molar-refractivity contribution >= 4 is 0 Å². The maximum atomic E-state index is 7.00. The highest BCUT2D eigenvalue weighted by Crippen LogP contribution is 1.28. The van der Waals surface area contributed by atoms with Crippen LogP contribution in [0.2, 0.25) is 0 Å². The summed E-state index contributed by atoms with van der Waals surface area (Å²) in [7, 11) is 4.25. The predicted molar refractivity (Wildman–Crippen MR) is 39.2 cm³/mol. The standard InChI is InChI=1S/C2H6O.C2H6.CH4O.CH4/c1-3-2;2*1-2;/h1-2H3;1-2H3;2H,1H3;1H4. The van der Waals surface area contributed by atoms with Crippen LogP contribution in [0, 0.1) is 0 Å². The van der Waals surface area contributed by atoms with Gasteiger partial charge in [-0.15, -0.1) is 0 Å². The first kappa shape index (κ1) is 24.7. The summed E-state index contributed by atoms with van der Waals surface area (Å²) in [5, 5.41) is 7.00. The molecule has 0 spiro atoms. The summed E-state index contributed by atoms with van der Waals surface area (Å²) in [6, 6.07) is 0. The SMILES string of the molecule is C.CC.CO.COC. The van der Waals surface area contributed by atoms with Gasteiger partial charge in [0.15, 0.2) is 0 Å². The fourth-order valence-corrected chi connectivity index (χ4v) is 0. The first-order chi connectivity index (χ1) is 3.41. The number of hydrogen-bond donors (Lipinski definition) is 1. The van der Waals surface area contributed by atoms with Crippen LogP contribution in [0.15, 0.2) is 0 Å². The molecule has 0 aliphatic heterocycles. The molecule has 0 aromatic rings. The second kappa shape index (κ2) is 287. The van der Waals surface area contributed by atoms with Crippen LogP contribution in [0.3, 0.4) is 0 Å². The highest BCUT2D eigenvalue weighted by molar-refractivity contribution is 3.56. The van der Waals surface area contributed by atoms with E-state index in [1.165, 1.54) is 0 Å². The molecule has 0 aliphatic carbocycles. The van der Waals surface area contributed by atoms with Gasteiger partial charge in [0.05, 0.1) is 0 Å². The number of ether oxygens (including phenoxy) is 1. The minimum atomic E-state index is 0. The molecule has 0 unspecified atom stereocenters. The van der Waals surface area contributed by atoms with Crippen molar-refractivity contribution < 1.29 is 9.84 Å². The van der Waals surface area contributed by atoms with Gasteiger partial charge < -0.3 is 9.84 Å². The van der Waals surface area contributed by atoms with Crippen molar-refractivity contribution in [2.24, 2.45) is 0 Å². The second-order valence-corrected chi connectivity index (χ2v) is 0.408. The molecule has 0 bridgehead atoms. The highest BCUT2D eigenvalue weighted by Gasteiger charge is 1.25. The largest absolute Gasteiger partial charge is 0.400 e. The molecule has 0 aromatic carbocycles. The Balaban J connectivity index is -0.0000000147. The van der Waals surface area contributed by atoms with Crippen LogP contribution in [0.5, 0.6) is 0 Å². The van der Waals surface area contributed by atoms with E-state index >= 15 is 0 Å². The summed E-state index contributed by atoms with van der Waals surface area (Å²) in [6.45, 7) is 4.00. The van der Waals surface area contributed by atoms with Crippen molar-refractivity contribution in [2.75, 3.05) is 21.3 Å². The molecule has 0 saturated heterocycles. The molecular formula is C6H20O2. The Morgan fingerprint density at radius 3 is 1.00 bits per heavy atom. The van der Waals surface area contributed by atoms with Gasteiger partial charge >= 0.3 is 0 Å². The lowest BCUT2D eigenvalue weighted by atomic mass is 11.0. The molecule has 0 rings (SSSR count). The third kappa shape index (κ3) is 22400. The van der Waals surface area contributed by atoms with E-state index in [-0.39, 0.29) is 7.43 Å². The summed E-state index contributed by atoms with van der Waals surface area (Å²) in [6.07, 6.45) is 0. The zero-order chi connectivity index (χ0) is 6.71. The molecule has 0 aliphatic rings.